The Morgan fingerprint density at radius 2 is 2.20 bits per heavy atom. The summed E-state index contributed by atoms with van der Waals surface area (Å²) in [7, 11) is -2.45. The maximum atomic E-state index is 12.4. The second-order valence-corrected chi connectivity index (χ2v) is 6.57. The van der Waals surface area contributed by atoms with Gasteiger partial charge in [-0.2, -0.15) is 4.31 Å². The third-order valence-electron chi connectivity index (χ3n) is 2.41. The van der Waals surface area contributed by atoms with E-state index in [4.69, 9.17) is 9.84 Å². The monoisotopic (exact) mass is 363 g/mol. The summed E-state index contributed by atoms with van der Waals surface area (Å²) < 4.78 is 31.0. The molecule has 110 valence electrons. The molecule has 0 aliphatic heterocycles. The van der Waals surface area contributed by atoms with Crippen LogP contribution < -0.4 is 4.74 Å². The Balaban J connectivity index is 3.21. The zero-order valence-corrected chi connectivity index (χ0v) is 13.1. The summed E-state index contributed by atoms with van der Waals surface area (Å²) in [5, 5.41) is 8.79. The topological polar surface area (TPSA) is 83.9 Å². The maximum Gasteiger partial charge on any atom is 0.318 e. The smallest absolute Gasteiger partial charge is 0.318 e. The molecule has 0 aliphatic carbocycles. The predicted molar refractivity (Wildman–Crippen MR) is 77.3 cm³/mol. The molecule has 0 amide bonds. The molecule has 0 spiro atoms. The van der Waals surface area contributed by atoms with Gasteiger partial charge in [-0.15, -0.1) is 6.58 Å². The molecule has 1 aromatic rings. The maximum absolute atomic E-state index is 12.4. The molecule has 0 fully saturated rings. The Labute approximate surface area is 125 Å². The number of methoxy groups -OCH3 is 1. The first-order valence-corrected chi connectivity index (χ1v) is 7.72. The lowest BCUT2D eigenvalue weighted by molar-refractivity contribution is -0.137. The van der Waals surface area contributed by atoms with Crippen LogP contribution in [0.5, 0.6) is 5.75 Å². The van der Waals surface area contributed by atoms with Crippen LogP contribution in [0, 0.1) is 0 Å². The van der Waals surface area contributed by atoms with Gasteiger partial charge in [0, 0.05) is 6.54 Å². The van der Waals surface area contributed by atoms with Crippen LogP contribution in [0.15, 0.2) is 40.2 Å². The minimum Gasteiger partial charge on any atom is -0.496 e. The van der Waals surface area contributed by atoms with Crippen molar-refractivity contribution in [2.75, 3.05) is 20.2 Å². The first-order chi connectivity index (χ1) is 9.32. The second kappa shape index (κ2) is 6.87. The minimum absolute atomic E-state index is 0.0201. The normalized spacial score (nSPS) is 11.3. The number of carboxylic acids is 1. The lowest BCUT2D eigenvalue weighted by Gasteiger charge is -2.19. The Morgan fingerprint density at radius 3 is 2.65 bits per heavy atom. The largest absolute Gasteiger partial charge is 0.496 e. The van der Waals surface area contributed by atoms with Crippen LogP contribution in [0.2, 0.25) is 0 Å². The van der Waals surface area contributed by atoms with E-state index in [1.54, 1.807) is 0 Å². The Kier molecular flexibility index (Phi) is 5.73. The fourth-order valence-corrected chi connectivity index (χ4v) is 3.58. The average Bonchev–Trinajstić information content (AvgIpc) is 2.37. The molecule has 0 aliphatic rings. The van der Waals surface area contributed by atoms with Crippen LogP contribution in [0.1, 0.15) is 0 Å². The van der Waals surface area contributed by atoms with Crippen molar-refractivity contribution in [3.8, 4) is 5.75 Å². The zero-order valence-electron chi connectivity index (χ0n) is 10.7. The number of ether oxygens (including phenoxy) is 1. The molecule has 0 aromatic heterocycles. The number of halogens is 1. The quantitative estimate of drug-likeness (QED) is 0.745. The van der Waals surface area contributed by atoms with Crippen LogP contribution >= 0.6 is 15.9 Å². The van der Waals surface area contributed by atoms with Gasteiger partial charge in [0.05, 0.1) is 16.5 Å². The molecule has 1 aromatic carbocycles. The number of benzene rings is 1. The molecule has 0 heterocycles. The number of rotatable bonds is 7. The average molecular weight is 364 g/mol. The Hall–Kier alpha value is -1.38. The molecule has 0 radical (unpaired) electrons. The third kappa shape index (κ3) is 3.81. The van der Waals surface area contributed by atoms with Crippen LogP contribution in [-0.2, 0) is 14.8 Å². The number of nitrogens with zero attached hydrogens (tertiary/aromatic N) is 1. The summed E-state index contributed by atoms with van der Waals surface area (Å²) in [6.07, 6.45) is 1.33. The van der Waals surface area contributed by atoms with Gasteiger partial charge in [0.25, 0.3) is 0 Å². The molecule has 20 heavy (non-hydrogen) atoms. The van der Waals surface area contributed by atoms with Gasteiger partial charge in [-0.3, -0.25) is 4.79 Å². The summed E-state index contributed by atoms with van der Waals surface area (Å²) in [4.78, 5) is 10.7. The van der Waals surface area contributed by atoms with Crippen molar-refractivity contribution >= 4 is 31.9 Å². The molecular weight excluding hydrogens is 350 g/mol. The molecule has 1 rings (SSSR count). The second-order valence-electron chi connectivity index (χ2n) is 3.78. The summed E-state index contributed by atoms with van der Waals surface area (Å²) >= 11 is 3.19. The summed E-state index contributed by atoms with van der Waals surface area (Å²) in [5.74, 6) is -0.750. The first-order valence-electron chi connectivity index (χ1n) is 5.49. The fourth-order valence-electron chi connectivity index (χ4n) is 1.50. The molecule has 0 saturated carbocycles. The molecule has 8 heteroatoms. The molecule has 0 saturated heterocycles. The van der Waals surface area contributed by atoms with Gasteiger partial charge in [0.15, 0.2) is 0 Å². The van der Waals surface area contributed by atoms with Gasteiger partial charge in [-0.1, -0.05) is 6.08 Å². The number of hydrogen-bond acceptors (Lipinski definition) is 4. The number of carbonyl (C=O) groups is 1. The van der Waals surface area contributed by atoms with Gasteiger partial charge < -0.3 is 9.84 Å². The van der Waals surface area contributed by atoms with Gasteiger partial charge in [-0.05, 0) is 34.1 Å². The van der Waals surface area contributed by atoms with E-state index in [1.807, 2.05) is 0 Å². The summed E-state index contributed by atoms with van der Waals surface area (Å²) in [6.45, 7) is 2.72. The molecule has 1 N–H and O–H groups in total. The van der Waals surface area contributed by atoms with Crippen molar-refractivity contribution in [2.24, 2.45) is 0 Å². The molecule has 0 atom stereocenters. The lowest BCUT2D eigenvalue weighted by atomic mass is 10.3. The highest BCUT2D eigenvalue weighted by atomic mass is 79.9. The van der Waals surface area contributed by atoms with Gasteiger partial charge in [-0.25, -0.2) is 8.42 Å². The SMILES string of the molecule is C=CCN(CC(=O)O)S(=O)(=O)c1ccc(OC)c(Br)c1. The molecule has 0 bridgehead atoms. The van der Waals surface area contributed by atoms with E-state index in [2.05, 4.69) is 22.5 Å². The van der Waals surface area contributed by atoms with Crippen molar-refractivity contribution in [3.63, 3.8) is 0 Å². The van der Waals surface area contributed by atoms with E-state index in [9.17, 15) is 13.2 Å². The number of sulfonamides is 1. The van der Waals surface area contributed by atoms with E-state index in [1.165, 1.54) is 31.4 Å². The minimum atomic E-state index is -3.91. The van der Waals surface area contributed by atoms with E-state index in [0.717, 1.165) is 4.31 Å². The highest BCUT2D eigenvalue weighted by Gasteiger charge is 2.26. The zero-order chi connectivity index (χ0) is 15.3. The Morgan fingerprint density at radius 1 is 1.55 bits per heavy atom. The standard InChI is InChI=1S/C12H14BrNO5S/c1-3-6-14(8-12(15)16)20(17,18)9-4-5-11(19-2)10(13)7-9/h3-5,7H,1,6,8H2,2H3,(H,15,16). The highest BCUT2D eigenvalue weighted by Crippen LogP contribution is 2.28. The van der Waals surface area contributed by atoms with E-state index in [-0.39, 0.29) is 11.4 Å². The van der Waals surface area contributed by atoms with Crippen molar-refractivity contribution in [1.82, 2.24) is 4.31 Å². The number of aliphatic carboxylic acids is 1. The van der Waals surface area contributed by atoms with Crippen LogP contribution in [-0.4, -0.2) is 44.0 Å². The summed E-state index contributed by atoms with van der Waals surface area (Å²) in [5.41, 5.74) is 0. The Bertz CT molecular complexity index is 614. The summed E-state index contributed by atoms with van der Waals surface area (Å²) in [6, 6.07) is 4.22. The molecular formula is C12H14BrNO5S. The van der Waals surface area contributed by atoms with E-state index < -0.39 is 22.5 Å². The predicted octanol–water partition coefficient (Wildman–Crippen LogP) is 1.72. The third-order valence-corrected chi connectivity index (χ3v) is 4.83. The van der Waals surface area contributed by atoms with Crippen molar-refractivity contribution in [3.05, 3.63) is 35.3 Å². The van der Waals surface area contributed by atoms with Gasteiger partial charge in [0.2, 0.25) is 10.0 Å². The van der Waals surface area contributed by atoms with E-state index in [0.29, 0.717) is 10.2 Å². The fraction of sp³-hybridized carbons (Fsp3) is 0.250. The van der Waals surface area contributed by atoms with Gasteiger partial charge in [0.1, 0.15) is 12.3 Å². The van der Waals surface area contributed by atoms with Gasteiger partial charge >= 0.3 is 5.97 Å². The van der Waals surface area contributed by atoms with Crippen molar-refractivity contribution in [1.29, 1.82) is 0 Å². The first kappa shape index (κ1) is 16.7. The molecule has 6 nitrogen and oxygen atoms in total. The number of carboxylic acid groups (broad SMARTS) is 1. The van der Waals surface area contributed by atoms with Crippen LogP contribution in [0.4, 0.5) is 0 Å². The highest BCUT2D eigenvalue weighted by molar-refractivity contribution is 9.10. The number of hydrogen-bond donors (Lipinski definition) is 1. The van der Waals surface area contributed by atoms with E-state index >= 15 is 0 Å². The van der Waals surface area contributed by atoms with Crippen LogP contribution in [0.25, 0.3) is 0 Å². The van der Waals surface area contributed by atoms with Crippen molar-refractivity contribution < 1.29 is 23.1 Å². The molecule has 0 unspecified atom stereocenters. The van der Waals surface area contributed by atoms with Crippen molar-refractivity contribution in [2.45, 2.75) is 4.90 Å². The lowest BCUT2D eigenvalue weighted by Crippen LogP contribution is -2.35. The van der Waals surface area contributed by atoms with Crippen LogP contribution in [0.3, 0.4) is 0 Å².